The van der Waals surface area contributed by atoms with Gasteiger partial charge in [0.1, 0.15) is 5.82 Å². The minimum atomic E-state index is -0.303. The minimum absolute atomic E-state index is 0.267. The lowest BCUT2D eigenvalue weighted by Crippen LogP contribution is -2.33. The molecule has 3 aromatic rings. The van der Waals surface area contributed by atoms with Gasteiger partial charge in [-0.2, -0.15) is 5.10 Å². The fraction of sp³-hybridized carbons (Fsp3) is 0.259. The van der Waals surface area contributed by atoms with Crippen LogP contribution in [0.4, 0.5) is 4.39 Å². The third kappa shape index (κ3) is 6.34. The Morgan fingerprint density at radius 3 is 2.31 bits per heavy atom. The van der Waals surface area contributed by atoms with Crippen molar-refractivity contribution in [2.45, 2.75) is 25.8 Å². The summed E-state index contributed by atoms with van der Waals surface area (Å²) in [5, 5.41) is 3.95. The zero-order valence-electron chi connectivity index (χ0n) is 18.1. The van der Waals surface area contributed by atoms with Crippen molar-refractivity contribution in [2.24, 2.45) is 11.0 Å². The number of benzene rings is 3. The number of hydrogen-bond acceptors (Lipinski definition) is 3. The van der Waals surface area contributed by atoms with Gasteiger partial charge in [-0.05, 0) is 79.2 Å². The number of amides is 1. The fourth-order valence-corrected chi connectivity index (χ4v) is 4.09. The number of piperidine rings is 1. The van der Waals surface area contributed by atoms with E-state index in [-0.39, 0.29) is 11.7 Å². The van der Waals surface area contributed by atoms with Crippen LogP contribution in [0.3, 0.4) is 0 Å². The largest absolute Gasteiger partial charge is 0.299 e. The summed E-state index contributed by atoms with van der Waals surface area (Å²) in [5.41, 5.74) is 6.43. The molecule has 1 fully saturated rings. The Hall–Kier alpha value is -3.31. The molecule has 0 atom stereocenters. The second-order valence-electron chi connectivity index (χ2n) is 8.36. The van der Waals surface area contributed by atoms with Crippen LogP contribution >= 0.6 is 0 Å². The molecule has 1 aliphatic rings. The summed E-state index contributed by atoms with van der Waals surface area (Å²) in [7, 11) is 0. The van der Waals surface area contributed by atoms with Crippen LogP contribution < -0.4 is 5.43 Å². The summed E-state index contributed by atoms with van der Waals surface area (Å²) >= 11 is 0. The van der Waals surface area contributed by atoms with E-state index in [1.807, 2.05) is 24.3 Å². The standard InChI is InChI=1S/C27H28FN3O/c28-26-12-8-23(9-13-26)19-29-30-27(32)25-10-6-24(7-11-25)20-31-16-14-22(15-17-31)18-21-4-2-1-3-5-21/h1-13,19,22H,14-18,20H2,(H,30,32)/b29-19-. The first-order valence-corrected chi connectivity index (χ1v) is 11.1. The van der Waals surface area contributed by atoms with Crippen molar-refractivity contribution in [3.05, 3.63) is 107 Å². The number of hydrazone groups is 1. The minimum Gasteiger partial charge on any atom is -0.299 e. The van der Waals surface area contributed by atoms with Crippen molar-refractivity contribution in [1.29, 1.82) is 0 Å². The number of nitrogens with zero attached hydrogens (tertiary/aromatic N) is 2. The third-order valence-corrected chi connectivity index (χ3v) is 5.95. The summed E-state index contributed by atoms with van der Waals surface area (Å²) < 4.78 is 12.9. The van der Waals surface area contributed by atoms with Crippen molar-refractivity contribution in [1.82, 2.24) is 10.3 Å². The molecule has 1 heterocycles. The molecule has 1 saturated heterocycles. The van der Waals surface area contributed by atoms with Crippen LogP contribution in [0.2, 0.25) is 0 Å². The number of likely N-dealkylation sites (tertiary alicyclic amines) is 1. The number of nitrogens with one attached hydrogen (secondary N) is 1. The highest BCUT2D eigenvalue weighted by molar-refractivity contribution is 5.94. The second-order valence-corrected chi connectivity index (χ2v) is 8.36. The molecule has 164 valence electrons. The maximum atomic E-state index is 12.9. The molecule has 0 aliphatic carbocycles. The summed E-state index contributed by atoms with van der Waals surface area (Å²) in [6.07, 6.45) is 5.11. The number of rotatable bonds is 7. The SMILES string of the molecule is O=C(N/N=C\c1ccc(F)cc1)c1ccc(CN2CCC(Cc3ccccc3)CC2)cc1. The molecule has 0 spiro atoms. The topological polar surface area (TPSA) is 44.7 Å². The van der Waals surface area contributed by atoms with Crippen LogP contribution in [0, 0.1) is 11.7 Å². The molecule has 0 bridgehead atoms. The van der Waals surface area contributed by atoms with Gasteiger partial charge >= 0.3 is 0 Å². The zero-order chi connectivity index (χ0) is 22.2. The van der Waals surface area contributed by atoms with E-state index in [0.29, 0.717) is 5.56 Å². The molecule has 4 nitrogen and oxygen atoms in total. The molecular weight excluding hydrogens is 401 g/mol. The van der Waals surface area contributed by atoms with Crippen molar-refractivity contribution in [3.8, 4) is 0 Å². The van der Waals surface area contributed by atoms with E-state index >= 15 is 0 Å². The smallest absolute Gasteiger partial charge is 0.271 e. The van der Waals surface area contributed by atoms with Crippen molar-refractivity contribution < 1.29 is 9.18 Å². The van der Waals surface area contributed by atoms with E-state index in [0.717, 1.165) is 31.1 Å². The highest BCUT2D eigenvalue weighted by Crippen LogP contribution is 2.23. The lowest BCUT2D eigenvalue weighted by atomic mass is 9.90. The molecule has 1 amide bonds. The van der Waals surface area contributed by atoms with E-state index in [9.17, 15) is 9.18 Å². The highest BCUT2D eigenvalue weighted by Gasteiger charge is 2.19. The normalized spacial score (nSPS) is 15.2. The summed E-state index contributed by atoms with van der Waals surface area (Å²) in [5.74, 6) is 0.189. The van der Waals surface area contributed by atoms with Gasteiger partial charge in [-0.25, -0.2) is 9.82 Å². The van der Waals surface area contributed by atoms with Gasteiger partial charge in [-0.15, -0.1) is 0 Å². The van der Waals surface area contributed by atoms with Crippen molar-refractivity contribution in [3.63, 3.8) is 0 Å². The first-order chi connectivity index (χ1) is 15.7. The Kier molecular flexibility index (Phi) is 7.41. The van der Waals surface area contributed by atoms with Gasteiger partial charge in [-0.3, -0.25) is 9.69 Å². The van der Waals surface area contributed by atoms with Crippen LogP contribution in [0.5, 0.6) is 0 Å². The average Bonchev–Trinajstić information content (AvgIpc) is 2.83. The van der Waals surface area contributed by atoms with Gasteiger partial charge < -0.3 is 0 Å². The van der Waals surface area contributed by atoms with Crippen LogP contribution in [-0.4, -0.2) is 30.1 Å². The Morgan fingerprint density at radius 2 is 1.62 bits per heavy atom. The number of carbonyl (C=O) groups excluding carboxylic acids is 1. The van der Waals surface area contributed by atoms with Gasteiger partial charge in [0, 0.05) is 12.1 Å². The third-order valence-electron chi connectivity index (χ3n) is 5.95. The van der Waals surface area contributed by atoms with Gasteiger partial charge in [0.15, 0.2) is 0 Å². The van der Waals surface area contributed by atoms with E-state index in [4.69, 9.17) is 0 Å². The summed E-state index contributed by atoms with van der Waals surface area (Å²) in [4.78, 5) is 14.8. The summed E-state index contributed by atoms with van der Waals surface area (Å²) in [6, 6.07) is 24.3. The molecule has 1 N–H and O–H groups in total. The molecule has 5 heteroatoms. The fourth-order valence-electron chi connectivity index (χ4n) is 4.09. The first kappa shape index (κ1) is 21.9. The molecule has 0 saturated carbocycles. The predicted molar refractivity (Wildman–Crippen MR) is 126 cm³/mol. The molecular formula is C27H28FN3O. The molecule has 0 unspecified atom stereocenters. The molecule has 3 aromatic carbocycles. The number of halogens is 1. The average molecular weight is 430 g/mol. The van der Waals surface area contributed by atoms with Gasteiger partial charge in [0.2, 0.25) is 0 Å². The number of carbonyl (C=O) groups is 1. The van der Waals surface area contributed by atoms with Gasteiger partial charge in [0.25, 0.3) is 5.91 Å². The maximum Gasteiger partial charge on any atom is 0.271 e. The van der Waals surface area contributed by atoms with E-state index in [2.05, 4.69) is 45.8 Å². The molecule has 4 rings (SSSR count). The second kappa shape index (κ2) is 10.8. The van der Waals surface area contributed by atoms with Gasteiger partial charge in [0.05, 0.1) is 6.21 Å². The predicted octanol–water partition coefficient (Wildman–Crippen LogP) is 5.04. The monoisotopic (exact) mass is 429 g/mol. The Labute approximate surface area is 188 Å². The lowest BCUT2D eigenvalue weighted by molar-refractivity contribution is 0.0955. The van der Waals surface area contributed by atoms with E-state index in [1.54, 1.807) is 12.1 Å². The molecule has 1 aliphatic heterocycles. The van der Waals surface area contributed by atoms with Crippen LogP contribution in [-0.2, 0) is 13.0 Å². The number of hydrogen-bond donors (Lipinski definition) is 1. The maximum absolute atomic E-state index is 12.9. The Balaban J connectivity index is 1.22. The van der Waals surface area contributed by atoms with Crippen LogP contribution in [0.25, 0.3) is 0 Å². The van der Waals surface area contributed by atoms with Crippen LogP contribution in [0.15, 0.2) is 84.0 Å². The Bertz CT molecular complexity index is 1020. The lowest BCUT2D eigenvalue weighted by Gasteiger charge is -2.32. The zero-order valence-corrected chi connectivity index (χ0v) is 18.1. The molecule has 32 heavy (non-hydrogen) atoms. The van der Waals surface area contributed by atoms with E-state index in [1.165, 1.54) is 48.7 Å². The van der Waals surface area contributed by atoms with Gasteiger partial charge in [-0.1, -0.05) is 54.6 Å². The quantitative estimate of drug-likeness (QED) is 0.422. The molecule has 0 aromatic heterocycles. The summed E-state index contributed by atoms with van der Waals surface area (Å²) in [6.45, 7) is 3.12. The highest BCUT2D eigenvalue weighted by atomic mass is 19.1. The van der Waals surface area contributed by atoms with Crippen molar-refractivity contribution >= 4 is 12.1 Å². The Morgan fingerprint density at radius 1 is 0.938 bits per heavy atom. The van der Waals surface area contributed by atoms with E-state index < -0.39 is 0 Å². The van der Waals surface area contributed by atoms with Crippen molar-refractivity contribution in [2.75, 3.05) is 13.1 Å². The first-order valence-electron chi connectivity index (χ1n) is 11.1. The molecule has 0 radical (unpaired) electrons. The van der Waals surface area contributed by atoms with Crippen LogP contribution in [0.1, 0.15) is 39.9 Å².